The zero-order valence-corrected chi connectivity index (χ0v) is 12.4. The van der Waals surface area contributed by atoms with E-state index in [2.05, 4.69) is 20.9 Å². The Balaban J connectivity index is 2.36. The molecule has 88 valence electrons. The van der Waals surface area contributed by atoms with Gasteiger partial charge in [-0.15, -0.1) is 11.6 Å². The van der Waals surface area contributed by atoms with Crippen molar-refractivity contribution in [1.29, 1.82) is 0 Å². The van der Waals surface area contributed by atoms with Gasteiger partial charge in [-0.05, 0) is 45.3 Å². The summed E-state index contributed by atoms with van der Waals surface area (Å²) in [6.45, 7) is 0. The zero-order chi connectivity index (χ0) is 12.4. The van der Waals surface area contributed by atoms with Gasteiger partial charge in [-0.2, -0.15) is 0 Å². The molecule has 0 aliphatic heterocycles. The summed E-state index contributed by atoms with van der Waals surface area (Å²) in [5.74, 6) is 0. The molecule has 2 aromatic rings. The van der Waals surface area contributed by atoms with Gasteiger partial charge in [0.2, 0.25) is 0 Å². The number of benzene rings is 1. The lowest BCUT2D eigenvalue weighted by atomic mass is 10.1. The molecule has 0 saturated carbocycles. The Hall–Kier alpha value is -0.280. The van der Waals surface area contributed by atoms with Crippen molar-refractivity contribution in [2.75, 3.05) is 0 Å². The fourth-order valence-electron chi connectivity index (χ4n) is 1.42. The molecule has 0 spiro atoms. The first-order valence-electron chi connectivity index (χ1n) is 4.78. The number of nitrogens with zero attached hydrogens (tertiary/aromatic N) is 1. The summed E-state index contributed by atoms with van der Waals surface area (Å²) in [7, 11) is 0. The van der Waals surface area contributed by atoms with Crippen molar-refractivity contribution >= 4 is 50.7 Å². The normalized spacial score (nSPS) is 12.5. The minimum absolute atomic E-state index is 0.333. The second-order valence-electron chi connectivity index (χ2n) is 3.44. The fourth-order valence-corrected chi connectivity index (χ4v) is 2.55. The lowest BCUT2D eigenvalue weighted by molar-refractivity contribution is 1.09. The van der Waals surface area contributed by atoms with Gasteiger partial charge < -0.3 is 0 Å². The van der Waals surface area contributed by atoms with Gasteiger partial charge in [0.05, 0.1) is 5.38 Å². The van der Waals surface area contributed by atoms with E-state index < -0.39 is 0 Å². The third kappa shape index (κ3) is 3.14. The van der Waals surface area contributed by atoms with Gasteiger partial charge in [0.25, 0.3) is 0 Å². The van der Waals surface area contributed by atoms with Gasteiger partial charge in [-0.1, -0.05) is 35.3 Å². The van der Waals surface area contributed by atoms with Crippen molar-refractivity contribution in [2.24, 2.45) is 0 Å². The zero-order valence-electron chi connectivity index (χ0n) is 8.50. The molecule has 0 amide bonds. The van der Waals surface area contributed by atoms with Crippen LogP contribution in [0.5, 0.6) is 0 Å². The summed E-state index contributed by atoms with van der Waals surface area (Å²) >= 11 is 21.6. The van der Waals surface area contributed by atoms with Gasteiger partial charge in [-0.25, -0.2) is 4.98 Å². The largest absolute Gasteiger partial charge is 0.249 e. The van der Waals surface area contributed by atoms with E-state index >= 15 is 0 Å². The molecule has 1 atom stereocenters. The lowest BCUT2D eigenvalue weighted by Crippen LogP contribution is -1.95. The summed E-state index contributed by atoms with van der Waals surface area (Å²) < 4.78 is 0.771. The monoisotopic (exact) mass is 349 g/mol. The van der Waals surface area contributed by atoms with Crippen LogP contribution in [0.4, 0.5) is 0 Å². The topological polar surface area (TPSA) is 12.9 Å². The van der Waals surface area contributed by atoms with Crippen molar-refractivity contribution in [3.63, 3.8) is 0 Å². The SMILES string of the molecule is Clc1ccc(C(Cl)c2ccc(Br)nc2)c(Cl)c1. The van der Waals surface area contributed by atoms with Crippen LogP contribution >= 0.6 is 50.7 Å². The number of hydrogen-bond acceptors (Lipinski definition) is 1. The van der Waals surface area contributed by atoms with Crippen LogP contribution in [0.2, 0.25) is 10.0 Å². The number of hydrogen-bond donors (Lipinski definition) is 0. The van der Waals surface area contributed by atoms with Gasteiger partial charge in [-0.3, -0.25) is 0 Å². The van der Waals surface area contributed by atoms with Crippen LogP contribution in [0, 0.1) is 0 Å². The van der Waals surface area contributed by atoms with Crippen LogP contribution < -0.4 is 0 Å². The summed E-state index contributed by atoms with van der Waals surface area (Å²) in [6.07, 6.45) is 1.71. The standard InChI is InChI=1S/C12H7BrCl3N/c13-11-4-1-7(6-17-11)12(16)9-3-2-8(14)5-10(9)15/h1-6,12H. The molecule has 1 heterocycles. The van der Waals surface area contributed by atoms with Gasteiger partial charge in [0, 0.05) is 16.2 Å². The molecule has 0 fully saturated rings. The number of halogens is 4. The second-order valence-corrected chi connectivity index (χ2v) is 5.54. The minimum atomic E-state index is -0.333. The van der Waals surface area contributed by atoms with E-state index in [0.717, 1.165) is 15.7 Å². The van der Waals surface area contributed by atoms with Crippen molar-refractivity contribution in [3.8, 4) is 0 Å². The molecular weight excluding hydrogens is 344 g/mol. The predicted octanol–water partition coefficient (Wildman–Crippen LogP) is 5.48. The van der Waals surface area contributed by atoms with Crippen LogP contribution in [0.3, 0.4) is 0 Å². The van der Waals surface area contributed by atoms with Crippen LogP contribution in [-0.4, -0.2) is 4.98 Å². The van der Waals surface area contributed by atoms with Gasteiger partial charge in [0.15, 0.2) is 0 Å². The molecule has 1 unspecified atom stereocenters. The molecular formula is C12H7BrCl3N. The summed E-state index contributed by atoms with van der Waals surface area (Å²) in [6, 6.07) is 9.02. The first-order chi connectivity index (χ1) is 8.08. The van der Waals surface area contributed by atoms with Crippen molar-refractivity contribution in [2.45, 2.75) is 5.38 Å². The van der Waals surface area contributed by atoms with E-state index in [-0.39, 0.29) is 5.38 Å². The molecule has 0 aliphatic carbocycles. The Bertz CT molecular complexity index is 528. The highest BCUT2D eigenvalue weighted by atomic mass is 79.9. The first-order valence-corrected chi connectivity index (χ1v) is 6.77. The number of rotatable bonds is 2. The Labute approximate surface area is 123 Å². The number of pyridine rings is 1. The molecule has 2 rings (SSSR count). The summed E-state index contributed by atoms with van der Waals surface area (Å²) in [4.78, 5) is 4.14. The van der Waals surface area contributed by atoms with E-state index in [9.17, 15) is 0 Å². The Morgan fingerprint density at radius 2 is 1.88 bits per heavy atom. The molecule has 0 N–H and O–H groups in total. The van der Waals surface area contributed by atoms with Crippen LogP contribution in [0.15, 0.2) is 41.1 Å². The van der Waals surface area contributed by atoms with E-state index in [1.54, 1.807) is 18.3 Å². The highest BCUT2D eigenvalue weighted by Gasteiger charge is 2.14. The highest BCUT2D eigenvalue weighted by molar-refractivity contribution is 9.10. The van der Waals surface area contributed by atoms with Crippen molar-refractivity contribution < 1.29 is 0 Å². The fraction of sp³-hybridized carbons (Fsp3) is 0.0833. The Morgan fingerprint density at radius 3 is 2.47 bits per heavy atom. The van der Waals surface area contributed by atoms with Gasteiger partial charge >= 0.3 is 0 Å². The molecule has 1 nitrogen and oxygen atoms in total. The third-order valence-corrected chi connectivity index (χ3v) is 3.80. The minimum Gasteiger partial charge on any atom is -0.249 e. The number of aromatic nitrogens is 1. The maximum Gasteiger partial charge on any atom is 0.106 e. The maximum atomic E-state index is 6.36. The van der Waals surface area contributed by atoms with Crippen LogP contribution in [0.25, 0.3) is 0 Å². The summed E-state index contributed by atoms with van der Waals surface area (Å²) in [5, 5.41) is 0.817. The Morgan fingerprint density at radius 1 is 1.12 bits per heavy atom. The van der Waals surface area contributed by atoms with E-state index in [1.165, 1.54) is 0 Å². The molecule has 1 aromatic carbocycles. The molecule has 0 bridgehead atoms. The molecule has 5 heteroatoms. The molecule has 0 saturated heterocycles. The quantitative estimate of drug-likeness (QED) is 0.516. The third-order valence-electron chi connectivity index (χ3n) is 2.28. The molecule has 0 radical (unpaired) electrons. The van der Waals surface area contributed by atoms with Crippen LogP contribution in [-0.2, 0) is 0 Å². The average molecular weight is 351 g/mol. The number of alkyl halides is 1. The lowest BCUT2D eigenvalue weighted by Gasteiger charge is -2.12. The molecule has 17 heavy (non-hydrogen) atoms. The highest BCUT2D eigenvalue weighted by Crippen LogP contribution is 2.34. The molecule has 0 aliphatic rings. The van der Waals surface area contributed by atoms with E-state index in [4.69, 9.17) is 34.8 Å². The average Bonchev–Trinajstić information content (AvgIpc) is 2.29. The van der Waals surface area contributed by atoms with Crippen molar-refractivity contribution in [1.82, 2.24) is 4.98 Å². The van der Waals surface area contributed by atoms with Crippen molar-refractivity contribution in [3.05, 3.63) is 62.3 Å². The van der Waals surface area contributed by atoms with Gasteiger partial charge in [0.1, 0.15) is 4.60 Å². The maximum absolute atomic E-state index is 6.36. The smallest absolute Gasteiger partial charge is 0.106 e. The van der Waals surface area contributed by atoms with E-state index in [1.807, 2.05) is 18.2 Å². The first kappa shape index (κ1) is 13.2. The van der Waals surface area contributed by atoms with Crippen LogP contribution in [0.1, 0.15) is 16.5 Å². The Kier molecular flexibility index (Phi) is 4.31. The van der Waals surface area contributed by atoms with E-state index in [0.29, 0.717) is 10.0 Å². The molecule has 1 aromatic heterocycles. The summed E-state index contributed by atoms with van der Waals surface area (Å²) in [5.41, 5.74) is 1.71. The second kappa shape index (κ2) is 5.57. The predicted molar refractivity (Wildman–Crippen MR) is 76.1 cm³/mol.